The van der Waals surface area contributed by atoms with Gasteiger partial charge in [-0.3, -0.25) is 9.69 Å². The molecular formula is C20H19F3N2O4. The maximum absolute atomic E-state index is 13.5. The third-order valence-corrected chi connectivity index (χ3v) is 4.69. The summed E-state index contributed by atoms with van der Waals surface area (Å²) in [7, 11) is 0. The van der Waals surface area contributed by atoms with Crippen molar-refractivity contribution in [1.29, 1.82) is 0 Å². The van der Waals surface area contributed by atoms with Crippen LogP contribution in [0.1, 0.15) is 18.1 Å². The monoisotopic (exact) mass is 408 g/mol. The van der Waals surface area contributed by atoms with Gasteiger partial charge in [0, 0.05) is 5.56 Å². The first-order valence-corrected chi connectivity index (χ1v) is 8.81. The van der Waals surface area contributed by atoms with E-state index in [1.165, 1.54) is 31.2 Å². The van der Waals surface area contributed by atoms with E-state index >= 15 is 0 Å². The Morgan fingerprint density at radius 3 is 2.52 bits per heavy atom. The Hall–Kier alpha value is -2.91. The van der Waals surface area contributed by atoms with Crippen LogP contribution in [0.3, 0.4) is 0 Å². The third kappa shape index (κ3) is 4.25. The number of benzene rings is 2. The van der Waals surface area contributed by atoms with Crippen molar-refractivity contribution in [3.63, 3.8) is 0 Å². The molecule has 29 heavy (non-hydrogen) atoms. The van der Waals surface area contributed by atoms with Crippen LogP contribution in [0, 0.1) is 17.5 Å². The smallest absolute Gasteiger partial charge is 0.325 e. The van der Waals surface area contributed by atoms with Crippen LogP contribution in [0.2, 0.25) is 0 Å². The molecule has 2 atom stereocenters. The Morgan fingerprint density at radius 2 is 1.83 bits per heavy atom. The van der Waals surface area contributed by atoms with Crippen molar-refractivity contribution in [1.82, 2.24) is 10.2 Å². The summed E-state index contributed by atoms with van der Waals surface area (Å²) >= 11 is 0. The molecule has 0 radical (unpaired) electrons. The lowest BCUT2D eigenvalue weighted by atomic mass is 9.92. The number of hydrogen-bond acceptors (Lipinski definition) is 4. The largest absolute Gasteiger partial charge is 0.389 e. The van der Waals surface area contributed by atoms with Crippen molar-refractivity contribution < 1.29 is 32.6 Å². The number of halogens is 3. The Morgan fingerprint density at radius 1 is 1.10 bits per heavy atom. The Labute approximate surface area is 164 Å². The fourth-order valence-electron chi connectivity index (χ4n) is 3.05. The SMILES string of the molecule is CC1(c2ccc(F)c(F)c2)NC(=O)N(CC(O)COCc2ccccc2F)C1=O. The van der Waals surface area contributed by atoms with Crippen LogP contribution >= 0.6 is 0 Å². The van der Waals surface area contributed by atoms with Gasteiger partial charge < -0.3 is 15.2 Å². The summed E-state index contributed by atoms with van der Waals surface area (Å²) in [5.74, 6) is -3.39. The van der Waals surface area contributed by atoms with Crippen LogP contribution in [0.5, 0.6) is 0 Å². The quantitative estimate of drug-likeness (QED) is 0.690. The van der Waals surface area contributed by atoms with E-state index in [1.807, 2.05) is 0 Å². The highest BCUT2D eigenvalue weighted by Crippen LogP contribution is 2.29. The van der Waals surface area contributed by atoms with Gasteiger partial charge in [0.05, 0.1) is 25.9 Å². The standard InChI is InChI=1S/C20H19F3N2O4/c1-20(13-6-7-16(22)17(23)8-13)18(27)25(19(28)24-20)9-14(26)11-29-10-12-4-2-3-5-15(12)21/h2-8,14,26H,9-11H2,1H3,(H,24,28). The first kappa shape index (κ1) is 20.8. The zero-order chi connectivity index (χ0) is 21.2. The second kappa shape index (κ2) is 8.22. The summed E-state index contributed by atoms with van der Waals surface area (Å²) in [6.07, 6.45) is -1.22. The fraction of sp³-hybridized carbons (Fsp3) is 0.300. The maximum Gasteiger partial charge on any atom is 0.325 e. The van der Waals surface area contributed by atoms with Crippen LogP contribution in [-0.4, -0.2) is 41.2 Å². The summed E-state index contributed by atoms with van der Waals surface area (Å²) in [5, 5.41) is 12.5. The number of imide groups is 1. The maximum atomic E-state index is 13.5. The number of urea groups is 1. The molecule has 0 aliphatic carbocycles. The van der Waals surface area contributed by atoms with E-state index in [0.717, 1.165) is 17.0 Å². The second-order valence-corrected chi connectivity index (χ2v) is 6.86. The predicted molar refractivity (Wildman–Crippen MR) is 96.0 cm³/mol. The number of aliphatic hydroxyl groups excluding tert-OH is 1. The summed E-state index contributed by atoms with van der Waals surface area (Å²) < 4.78 is 45.5. The lowest BCUT2D eigenvalue weighted by molar-refractivity contribution is -0.132. The number of aliphatic hydroxyl groups is 1. The van der Waals surface area contributed by atoms with Crippen LogP contribution in [0.25, 0.3) is 0 Å². The molecule has 3 rings (SSSR count). The highest BCUT2D eigenvalue weighted by atomic mass is 19.2. The topological polar surface area (TPSA) is 78.9 Å². The first-order chi connectivity index (χ1) is 13.7. The lowest BCUT2D eigenvalue weighted by Crippen LogP contribution is -2.42. The third-order valence-electron chi connectivity index (χ3n) is 4.69. The molecule has 0 aromatic heterocycles. The molecule has 6 nitrogen and oxygen atoms in total. The zero-order valence-electron chi connectivity index (χ0n) is 15.5. The van der Waals surface area contributed by atoms with E-state index in [1.54, 1.807) is 6.07 Å². The van der Waals surface area contributed by atoms with E-state index in [4.69, 9.17) is 4.74 Å². The number of carbonyl (C=O) groups is 2. The van der Waals surface area contributed by atoms with E-state index in [0.29, 0.717) is 5.56 Å². The van der Waals surface area contributed by atoms with Gasteiger partial charge in [0.1, 0.15) is 11.4 Å². The molecule has 154 valence electrons. The Balaban J connectivity index is 1.62. The summed E-state index contributed by atoms with van der Waals surface area (Å²) in [6, 6.07) is 8.12. The molecule has 1 heterocycles. The Kier molecular flexibility index (Phi) is 5.90. The highest BCUT2D eigenvalue weighted by molar-refractivity contribution is 6.07. The number of nitrogens with zero attached hydrogens (tertiary/aromatic N) is 1. The summed E-state index contributed by atoms with van der Waals surface area (Å²) in [6.45, 7) is 0.659. The molecule has 1 aliphatic rings. The van der Waals surface area contributed by atoms with Crippen molar-refractivity contribution in [2.45, 2.75) is 25.2 Å². The molecule has 0 spiro atoms. The van der Waals surface area contributed by atoms with Crippen molar-refractivity contribution in [3.05, 3.63) is 71.0 Å². The van der Waals surface area contributed by atoms with Crippen molar-refractivity contribution in [2.75, 3.05) is 13.2 Å². The van der Waals surface area contributed by atoms with Crippen LogP contribution in [0.15, 0.2) is 42.5 Å². The van der Waals surface area contributed by atoms with E-state index in [-0.39, 0.29) is 25.3 Å². The second-order valence-electron chi connectivity index (χ2n) is 6.86. The minimum atomic E-state index is -1.60. The summed E-state index contributed by atoms with van der Waals surface area (Å²) in [4.78, 5) is 25.7. The molecule has 9 heteroatoms. The molecule has 1 aliphatic heterocycles. The molecule has 0 saturated carbocycles. The number of hydrogen-bond donors (Lipinski definition) is 2. The van der Waals surface area contributed by atoms with Gasteiger partial charge in [0.2, 0.25) is 0 Å². The van der Waals surface area contributed by atoms with Crippen molar-refractivity contribution in [3.8, 4) is 0 Å². The fourth-order valence-corrected chi connectivity index (χ4v) is 3.05. The lowest BCUT2D eigenvalue weighted by Gasteiger charge is -2.23. The molecule has 2 N–H and O–H groups in total. The molecular weight excluding hydrogens is 389 g/mol. The summed E-state index contributed by atoms with van der Waals surface area (Å²) in [5.41, 5.74) is -1.22. The van der Waals surface area contributed by atoms with Gasteiger partial charge in [-0.25, -0.2) is 18.0 Å². The predicted octanol–water partition coefficient (Wildman–Crippen LogP) is 2.45. The van der Waals surface area contributed by atoms with Gasteiger partial charge in [-0.2, -0.15) is 0 Å². The van der Waals surface area contributed by atoms with E-state index in [9.17, 15) is 27.9 Å². The van der Waals surface area contributed by atoms with Crippen LogP contribution < -0.4 is 5.32 Å². The average Bonchev–Trinajstić information content (AvgIpc) is 2.89. The number of carbonyl (C=O) groups excluding carboxylic acids is 2. The van der Waals surface area contributed by atoms with Gasteiger partial charge in [-0.1, -0.05) is 24.3 Å². The molecule has 2 unspecified atom stereocenters. The van der Waals surface area contributed by atoms with Crippen molar-refractivity contribution in [2.24, 2.45) is 0 Å². The minimum Gasteiger partial charge on any atom is -0.389 e. The minimum absolute atomic E-state index is 0.0718. The molecule has 2 aromatic carbocycles. The first-order valence-electron chi connectivity index (χ1n) is 8.81. The number of rotatable bonds is 7. The van der Waals surface area contributed by atoms with E-state index in [2.05, 4.69) is 5.32 Å². The van der Waals surface area contributed by atoms with Gasteiger partial charge in [0.25, 0.3) is 5.91 Å². The number of nitrogens with one attached hydrogen (secondary N) is 1. The Bertz CT molecular complexity index is 940. The van der Waals surface area contributed by atoms with Crippen molar-refractivity contribution >= 4 is 11.9 Å². The average molecular weight is 408 g/mol. The number of β-amino-alcohol motifs (C(OH)–C–C–N with tert-alkyl or cyclic N) is 1. The van der Waals surface area contributed by atoms with Gasteiger partial charge in [0.15, 0.2) is 11.6 Å². The molecule has 1 saturated heterocycles. The molecule has 1 fully saturated rings. The number of ether oxygens (including phenoxy) is 1. The molecule has 3 amide bonds. The van der Waals surface area contributed by atoms with Crippen LogP contribution in [-0.2, 0) is 21.7 Å². The van der Waals surface area contributed by atoms with Gasteiger partial charge in [-0.05, 0) is 30.7 Å². The van der Waals surface area contributed by atoms with Gasteiger partial charge in [-0.15, -0.1) is 0 Å². The highest BCUT2D eigenvalue weighted by Gasteiger charge is 2.49. The normalized spacial score (nSPS) is 20.1. The molecule has 2 aromatic rings. The van der Waals surface area contributed by atoms with E-state index < -0.39 is 41.0 Å². The zero-order valence-corrected chi connectivity index (χ0v) is 15.5. The molecule has 0 bridgehead atoms. The number of amides is 3. The van der Waals surface area contributed by atoms with Crippen LogP contribution in [0.4, 0.5) is 18.0 Å². The van der Waals surface area contributed by atoms with Gasteiger partial charge >= 0.3 is 6.03 Å².